The van der Waals surface area contributed by atoms with Crippen LogP contribution in [-0.4, -0.2) is 29.2 Å². The smallest absolute Gasteiger partial charge is 0.356 e. The molecule has 0 aliphatic carbocycles. The van der Waals surface area contributed by atoms with Crippen LogP contribution in [-0.2, 0) is 7.05 Å². The van der Waals surface area contributed by atoms with Gasteiger partial charge in [0.25, 0.3) is 0 Å². The minimum atomic E-state index is -1.88. The summed E-state index contributed by atoms with van der Waals surface area (Å²) < 4.78 is 13.3. The fraction of sp³-hybridized carbons (Fsp3) is 0.412. The molecule has 0 aliphatic rings. The van der Waals surface area contributed by atoms with E-state index in [2.05, 4.69) is 39.0 Å². The number of aromatic nitrogens is 2. The van der Waals surface area contributed by atoms with Crippen molar-refractivity contribution in [3.8, 4) is 17.4 Å². The highest BCUT2D eigenvalue weighted by Gasteiger charge is 2.38. The molecule has 1 aromatic carbocycles. The number of carbonyl (C=O) groups is 1. The molecule has 130 valence electrons. The summed E-state index contributed by atoms with van der Waals surface area (Å²) in [6.45, 7) is 11.0. The molecule has 0 aliphatic heterocycles. The summed E-state index contributed by atoms with van der Waals surface area (Å²) in [4.78, 5) is 10.9. The average Bonchev–Trinajstić information content (AvgIpc) is 2.81. The lowest BCUT2D eigenvalue weighted by Crippen LogP contribution is -2.43. The van der Waals surface area contributed by atoms with Crippen LogP contribution in [0.25, 0.3) is 0 Å². The topological polar surface area (TPSA) is 73.6 Å². The van der Waals surface area contributed by atoms with Crippen LogP contribution in [0.5, 0.6) is 17.4 Å². The second-order valence-corrected chi connectivity index (χ2v) is 12.0. The van der Waals surface area contributed by atoms with Crippen LogP contribution < -0.4 is 9.16 Å². The first-order chi connectivity index (χ1) is 11.0. The Kier molecular flexibility index (Phi) is 4.75. The quantitative estimate of drug-likeness (QED) is 0.816. The van der Waals surface area contributed by atoms with Crippen molar-refractivity contribution >= 4 is 14.3 Å². The van der Waals surface area contributed by atoms with E-state index in [0.717, 1.165) is 5.75 Å². The Bertz CT molecular complexity index is 730. The normalized spacial score (nSPS) is 12.1. The van der Waals surface area contributed by atoms with Crippen molar-refractivity contribution in [2.24, 2.45) is 7.05 Å². The summed E-state index contributed by atoms with van der Waals surface area (Å²) in [6, 6.07) is 8.72. The van der Waals surface area contributed by atoms with E-state index >= 15 is 0 Å². The van der Waals surface area contributed by atoms with Gasteiger partial charge in [0.1, 0.15) is 11.5 Å². The molecule has 0 unspecified atom stereocenters. The van der Waals surface area contributed by atoms with Gasteiger partial charge in [0.2, 0.25) is 14.2 Å². The first kappa shape index (κ1) is 18.1. The predicted molar refractivity (Wildman–Crippen MR) is 94.5 cm³/mol. The van der Waals surface area contributed by atoms with Gasteiger partial charge in [0, 0.05) is 13.1 Å². The first-order valence-corrected chi connectivity index (χ1v) is 10.6. The van der Waals surface area contributed by atoms with Gasteiger partial charge in [-0.25, -0.2) is 9.48 Å². The molecule has 0 bridgehead atoms. The van der Waals surface area contributed by atoms with E-state index in [1.165, 1.54) is 10.7 Å². The summed E-state index contributed by atoms with van der Waals surface area (Å²) in [5, 5.41) is 13.0. The Morgan fingerprint density at radius 2 is 1.71 bits per heavy atom. The van der Waals surface area contributed by atoms with Gasteiger partial charge in [-0.2, -0.15) is 5.10 Å². The highest BCUT2D eigenvalue weighted by atomic mass is 28.4. The number of aryl methyl sites for hydroxylation is 1. The minimum Gasteiger partial charge on any atom is -0.543 e. The molecule has 2 rings (SSSR count). The summed E-state index contributed by atoms with van der Waals surface area (Å²) >= 11 is 0. The van der Waals surface area contributed by atoms with Crippen molar-refractivity contribution < 1.29 is 19.1 Å². The fourth-order valence-electron chi connectivity index (χ4n) is 1.79. The van der Waals surface area contributed by atoms with Gasteiger partial charge < -0.3 is 14.3 Å². The number of carboxylic acids is 1. The van der Waals surface area contributed by atoms with E-state index in [9.17, 15) is 4.79 Å². The maximum atomic E-state index is 10.9. The van der Waals surface area contributed by atoms with Gasteiger partial charge in [-0.15, -0.1) is 0 Å². The molecule has 0 saturated carbocycles. The van der Waals surface area contributed by atoms with Crippen molar-refractivity contribution in [2.45, 2.75) is 38.9 Å². The van der Waals surface area contributed by atoms with Gasteiger partial charge in [-0.05, 0) is 42.4 Å². The largest absolute Gasteiger partial charge is 0.543 e. The number of nitrogens with zero attached hydrogens (tertiary/aromatic N) is 2. The van der Waals surface area contributed by atoms with E-state index in [1.54, 1.807) is 19.2 Å². The SMILES string of the molecule is Cn1nc(C(=O)O)cc1Oc1ccc(O[Si](C)(C)C(C)(C)C)cc1. The van der Waals surface area contributed by atoms with Crippen LogP contribution in [0.15, 0.2) is 30.3 Å². The van der Waals surface area contributed by atoms with E-state index in [-0.39, 0.29) is 10.7 Å². The molecule has 2 aromatic rings. The van der Waals surface area contributed by atoms with Crippen molar-refractivity contribution in [1.82, 2.24) is 9.78 Å². The molecule has 0 radical (unpaired) electrons. The lowest BCUT2D eigenvalue weighted by atomic mass is 10.2. The molecule has 1 heterocycles. The first-order valence-electron chi connectivity index (χ1n) is 7.74. The molecule has 0 fully saturated rings. The van der Waals surface area contributed by atoms with Crippen LogP contribution in [0.4, 0.5) is 0 Å². The third kappa shape index (κ3) is 3.97. The Morgan fingerprint density at radius 3 is 2.17 bits per heavy atom. The Balaban J connectivity index is 2.11. The highest BCUT2D eigenvalue weighted by molar-refractivity contribution is 6.74. The van der Waals surface area contributed by atoms with E-state index < -0.39 is 14.3 Å². The van der Waals surface area contributed by atoms with Crippen molar-refractivity contribution in [3.05, 3.63) is 36.0 Å². The standard InChI is InChI=1S/C17H24N2O4Si/c1-17(2,3)24(5,6)23-13-9-7-12(8-10-13)22-15-11-14(16(20)21)18-19(15)4/h7-11H,1-6H3,(H,20,21). The number of benzene rings is 1. The molecule has 6 nitrogen and oxygen atoms in total. The van der Waals surface area contributed by atoms with Crippen LogP contribution in [0, 0.1) is 0 Å². The molecule has 7 heteroatoms. The molecule has 24 heavy (non-hydrogen) atoms. The third-order valence-electron chi connectivity index (χ3n) is 4.28. The van der Waals surface area contributed by atoms with Crippen molar-refractivity contribution in [2.75, 3.05) is 0 Å². The number of hydrogen-bond donors (Lipinski definition) is 1. The van der Waals surface area contributed by atoms with Crippen molar-refractivity contribution in [3.63, 3.8) is 0 Å². The second kappa shape index (κ2) is 6.31. The summed E-state index contributed by atoms with van der Waals surface area (Å²) in [5.74, 6) is 0.687. The Labute approximate surface area is 143 Å². The maximum absolute atomic E-state index is 10.9. The van der Waals surface area contributed by atoms with E-state index in [4.69, 9.17) is 14.3 Å². The molecule has 0 amide bonds. The third-order valence-corrected chi connectivity index (χ3v) is 8.64. The van der Waals surface area contributed by atoms with E-state index in [1.807, 2.05) is 12.1 Å². The predicted octanol–water partition coefficient (Wildman–Crippen LogP) is 4.29. The lowest BCUT2D eigenvalue weighted by molar-refractivity contribution is 0.0689. The summed E-state index contributed by atoms with van der Waals surface area (Å²) in [6.07, 6.45) is 0. The van der Waals surface area contributed by atoms with Crippen LogP contribution >= 0.6 is 0 Å². The van der Waals surface area contributed by atoms with Crippen LogP contribution in [0.3, 0.4) is 0 Å². The fourth-order valence-corrected chi connectivity index (χ4v) is 2.83. The van der Waals surface area contributed by atoms with Gasteiger partial charge >= 0.3 is 5.97 Å². The number of hydrogen-bond acceptors (Lipinski definition) is 4. The Morgan fingerprint density at radius 1 is 1.17 bits per heavy atom. The summed E-state index contributed by atoms with van der Waals surface area (Å²) in [7, 11) is -0.240. The van der Waals surface area contributed by atoms with Crippen LogP contribution in [0.2, 0.25) is 18.1 Å². The molecule has 0 atom stereocenters. The zero-order valence-electron chi connectivity index (χ0n) is 15.0. The highest BCUT2D eigenvalue weighted by Crippen LogP contribution is 2.37. The number of carboxylic acid groups (broad SMARTS) is 1. The lowest BCUT2D eigenvalue weighted by Gasteiger charge is -2.36. The monoisotopic (exact) mass is 348 g/mol. The van der Waals surface area contributed by atoms with Crippen molar-refractivity contribution in [1.29, 1.82) is 0 Å². The zero-order chi connectivity index (χ0) is 18.1. The van der Waals surface area contributed by atoms with E-state index in [0.29, 0.717) is 11.6 Å². The Hall–Kier alpha value is -2.28. The second-order valence-electron chi connectivity index (χ2n) is 7.23. The minimum absolute atomic E-state index is 0.0506. The average molecular weight is 348 g/mol. The molecular formula is C17H24N2O4Si. The van der Waals surface area contributed by atoms with Gasteiger partial charge in [0.15, 0.2) is 5.69 Å². The summed E-state index contributed by atoms with van der Waals surface area (Å²) in [5.41, 5.74) is -0.0506. The van der Waals surface area contributed by atoms with Crippen LogP contribution in [0.1, 0.15) is 31.3 Å². The van der Waals surface area contributed by atoms with Gasteiger partial charge in [-0.3, -0.25) is 0 Å². The molecule has 1 N–H and O–H groups in total. The number of aromatic carboxylic acids is 1. The zero-order valence-corrected chi connectivity index (χ0v) is 16.0. The number of ether oxygens (including phenoxy) is 1. The van der Waals surface area contributed by atoms with Gasteiger partial charge in [-0.1, -0.05) is 20.8 Å². The van der Waals surface area contributed by atoms with Gasteiger partial charge in [0.05, 0.1) is 0 Å². The molecule has 0 spiro atoms. The molecular weight excluding hydrogens is 324 g/mol. The molecule has 1 aromatic heterocycles. The molecule has 0 saturated heterocycles. The maximum Gasteiger partial charge on any atom is 0.356 e. The number of rotatable bonds is 5.